The van der Waals surface area contributed by atoms with Crippen LogP contribution >= 0.6 is 0 Å². The lowest BCUT2D eigenvalue weighted by Crippen LogP contribution is -2.57. The van der Waals surface area contributed by atoms with E-state index in [2.05, 4.69) is 11.8 Å². The fourth-order valence-electron chi connectivity index (χ4n) is 3.33. The molecular formula is C15H32N2O2. The highest BCUT2D eigenvalue weighted by molar-refractivity contribution is 5.00. The second kappa shape index (κ2) is 8.90. The molecule has 1 aliphatic carbocycles. The molecule has 2 unspecified atom stereocenters. The Labute approximate surface area is 118 Å². The minimum absolute atomic E-state index is 0.161. The van der Waals surface area contributed by atoms with Crippen LogP contribution < -0.4 is 5.73 Å². The van der Waals surface area contributed by atoms with Crippen molar-refractivity contribution in [3.8, 4) is 0 Å². The third-order valence-electron chi connectivity index (χ3n) is 4.57. The van der Waals surface area contributed by atoms with Crippen molar-refractivity contribution in [1.82, 2.24) is 4.90 Å². The summed E-state index contributed by atoms with van der Waals surface area (Å²) in [5, 5.41) is 0. The van der Waals surface area contributed by atoms with Crippen LogP contribution in [0.3, 0.4) is 0 Å². The molecule has 0 radical (unpaired) electrons. The molecule has 2 atom stereocenters. The number of ether oxygens (including phenoxy) is 2. The number of rotatable bonds is 10. The minimum atomic E-state index is 0.161. The smallest absolute Gasteiger partial charge is 0.0593 e. The van der Waals surface area contributed by atoms with Crippen LogP contribution in [0.25, 0.3) is 0 Å². The van der Waals surface area contributed by atoms with Crippen molar-refractivity contribution in [1.29, 1.82) is 0 Å². The van der Waals surface area contributed by atoms with Gasteiger partial charge in [0.25, 0.3) is 0 Å². The zero-order valence-corrected chi connectivity index (χ0v) is 13.0. The Morgan fingerprint density at radius 3 is 2.11 bits per heavy atom. The van der Waals surface area contributed by atoms with Gasteiger partial charge in [-0.2, -0.15) is 0 Å². The van der Waals surface area contributed by atoms with E-state index in [0.717, 1.165) is 46.1 Å². The first kappa shape index (κ1) is 16.9. The second-order valence-corrected chi connectivity index (χ2v) is 5.48. The first-order valence-electron chi connectivity index (χ1n) is 7.81. The molecule has 0 heterocycles. The predicted octanol–water partition coefficient (Wildman–Crippen LogP) is 1.88. The van der Waals surface area contributed by atoms with Gasteiger partial charge in [-0.1, -0.05) is 13.3 Å². The third-order valence-corrected chi connectivity index (χ3v) is 4.57. The largest absolute Gasteiger partial charge is 0.380 e. The molecule has 114 valence electrons. The van der Waals surface area contributed by atoms with E-state index in [1.165, 1.54) is 19.3 Å². The second-order valence-electron chi connectivity index (χ2n) is 5.48. The van der Waals surface area contributed by atoms with Crippen LogP contribution in [-0.2, 0) is 9.47 Å². The molecule has 0 amide bonds. The van der Waals surface area contributed by atoms with Gasteiger partial charge >= 0.3 is 0 Å². The highest BCUT2D eigenvalue weighted by atomic mass is 16.5. The molecule has 19 heavy (non-hydrogen) atoms. The van der Waals surface area contributed by atoms with E-state index in [0.29, 0.717) is 5.92 Å². The highest BCUT2D eigenvalue weighted by Gasteiger charge is 2.43. The lowest BCUT2D eigenvalue weighted by Gasteiger charge is -2.44. The van der Waals surface area contributed by atoms with Crippen molar-refractivity contribution in [2.45, 2.75) is 45.6 Å². The molecule has 0 aliphatic heterocycles. The molecule has 4 nitrogen and oxygen atoms in total. The van der Waals surface area contributed by atoms with Crippen LogP contribution in [0.1, 0.15) is 40.0 Å². The van der Waals surface area contributed by atoms with Crippen molar-refractivity contribution >= 4 is 0 Å². The fraction of sp³-hybridized carbons (Fsp3) is 1.00. The van der Waals surface area contributed by atoms with Crippen molar-refractivity contribution in [2.75, 3.05) is 46.1 Å². The van der Waals surface area contributed by atoms with E-state index in [-0.39, 0.29) is 5.54 Å². The van der Waals surface area contributed by atoms with Gasteiger partial charge in [0.15, 0.2) is 0 Å². The van der Waals surface area contributed by atoms with Crippen molar-refractivity contribution in [3.05, 3.63) is 0 Å². The van der Waals surface area contributed by atoms with Crippen LogP contribution in [-0.4, -0.2) is 56.5 Å². The molecule has 0 bridgehead atoms. The number of nitrogens with two attached hydrogens (primary N) is 1. The van der Waals surface area contributed by atoms with Gasteiger partial charge in [-0.3, -0.25) is 4.90 Å². The van der Waals surface area contributed by atoms with Crippen LogP contribution in [0.15, 0.2) is 0 Å². The maximum absolute atomic E-state index is 6.15. The SMILES string of the molecule is CCOCCN(CCOCC)C1(CN)CCCC1C. The number of hydrogen-bond acceptors (Lipinski definition) is 4. The maximum atomic E-state index is 6.15. The summed E-state index contributed by atoms with van der Waals surface area (Å²) in [5.41, 5.74) is 6.31. The molecule has 0 spiro atoms. The zero-order valence-electron chi connectivity index (χ0n) is 13.0. The molecule has 0 aromatic rings. The van der Waals surface area contributed by atoms with Gasteiger partial charge in [-0.05, 0) is 32.6 Å². The summed E-state index contributed by atoms with van der Waals surface area (Å²) in [4.78, 5) is 2.52. The highest BCUT2D eigenvalue weighted by Crippen LogP contribution is 2.39. The molecule has 4 heteroatoms. The van der Waals surface area contributed by atoms with Gasteiger partial charge in [0.1, 0.15) is 0 Å². The summed E-state index contributed by atoms with van der Waals surface area (Å²) >= 11 is 0. The number of hydrogen-bond donors (Lipinski definition) is 1. The van der Waals surface area contributed by atoms with E-state index in [1.807, 2.05) is 13.8 Å². The zero-order chi connectivity index (χ0) is 14.1. The molecule has 1 saturated carbocycles. The standard InChI is InChI=1S/C15H32N2O2/c1-4-18-11-9-17(10-12-19-5-2)15(13-16)8-6-7-14(15)3/h14H,4-13,16H2,1-3H3. The summed E-state index contributed by atoms with van der Waals surface area (Å²) in [6.45, 7) is 12.2. The lowest BCUT2D eigenvalue weighted by molar-refractivity contribution is 0.00724. The Hall–Kier alpha value is -0.160. The van der Waals surface area contributed by atoms with Crippen molar-refractivity contribution in [3.63, 3.8) is 0 Å². The van der Waals surface area contributed by atoms with Crippen LogP contribution in [0.5, 0.6) is 0 Å². The van der Waals surface area contributed by atoms with Crippen LogP contribution in [0.2, 0.25) is 0 Å². The quantitative estimate of drug-likeness (QED) is 0.617. The Bertz CT molecular complexity index is 228. The monoisotopic (exact) mass is 272 g/mol. The van der Waals surface area contributed by atoms with E-state index in [1.54, 1.807) is 0 Å². The predicted molar refractivity (Wildman–Crippen MR) is 79.4 cm³/mol. The van der Waals surface area contributed by atoms with Gasteiger partial charge in [0.2, 0.25) is 0 Å². The molecule has 1 fully saturated rings. The Morgan fingerprint density at radius 1 is 1.16 bits per heavy atom. The fourth-order valence-corrected chi connectivity index (χ4v) is 3.33. The van der Waals surface area contributed by atoms with Gasteiger partial charge in [-0.15, -0.1) is 0 Å². The Morgan fingerprint density at radius 2 is 1.74 bits per heavy atom. The van der Waals surface area contributed by atoms with Crippen molar-refractivity contribution < 1.29 is 9.47 Å². The summed E-state index contributed by atoms with van der Waals surface area (Å²) in [7, 11) is 0. The molecule has 1 rings (SSSR count). The van der Waals surface area contributed by atoms with Crippen LogP contribution in [0.4, 0.5) is 0 Å². The Kier molecular flexibility index (Phi) is 7.91. The van der Waals surface area contributed by atoms with Gasteiger partial charge in [-0.25, -0.2) is 0 Å². The third kappa shape index (κ3) is 4.42. The van der Waals surface area contributed by atoms with E-state index >= 15 is 0 Å². The molecule has 1 aliphatic rings. The van der Waals surface area contributed by atoms with Gasteiger partial charge in [0, 0.05) is 38.4 Å². The molecular weight excluding hydrogens is 240 g/mol. The van der Waals surface area contributed by atoms with E-state index in [9.17, 15) is 0 Å². The number of nitrogens with zero attached hydrogens (tertiary/aromatic N) is 1. The van der Waals surface area contributed by atoms with Gasteiger partial charge < -0.3 is 15.2 Å². The normalized spacial score (nSPS) is 27.3. The average Bonchev–Trinajstić information content (AvgIpc) is 2.79. The molecule has 0 aromatic heterocycles. The molecule has 0 aromatic carbocycles. The molecule has 0 saturated heterocycles. The summed E-state index contributed by atoms with van der Waals surface area (Å²) in [6, 6.07) is 0. The Balaban J connectivity index is 2.62. The summed E-state index contributed by atoms with van der Waals surface area (Å²) in [6.07, 6.45) is 3.79. The lowest BCUT2D eigenvalue weighted by atomic mass is 9.86. The first-order chi connectivity index (χ1) is 9.21. The summed E-state index contributed by atoms with van der Waals surface area (Å²) in [5.74, 6) is 0.667. The average molecular weight is 272 g/mol. The minimum Gasteiger partial charge on any atom is -0.380 e. The molecule has 2 N–H and O–H groups in total. The topological polar surface area (TPSA) is 47.7 Å². The van der Waals surface area contributed by atoms with E-state index in [4.69, 9.17) is 15.2 Å². The van der Waals surface area contributed by atoms with Crippen molar-refractivity contribution in [2.24, 2.45) is 11.7 Å². The van der Waals surface area contributed by atoms with Gasteiger partial charge in [0.05, 0.1) is 13.2 Å². The first-order valence-corrected chi connectivity index (χ1v) is 7.81. The summed E-state index contributed by atoms with van der Waals surface area (Å²) < 4.78 is 11.1. The van der Waals surface area contributed by atoms with E-state index < -0.39 is 0 Å². The maximum Gasteiger partial charge on any atom is 0.0593 e. The van der Waals surface area contributed by atoms with Crippen LogP contribution in [0, 0.1) is 5.92 Å².